The van der Waals surface area contributed by atoms with Crippen molar-refractivity contribution in [1.29, 1.82) is 0 Å². The van der Waals surface area contributed by atoms with Gasteiger partial charge in [0.1, 0.15) is 0 Å². The summed E-state index contributed by atoms with van der Waals surface area (Å²) < 4.78 is 10.7. The van der Waals surface area contributed by atoms with Crippen LogP contribution in [0.25, 0.3) is 0 Å². The summed E-state index contributed by atoms with van der Waals surface area (Å²) in [5.41, 5.74) is 0.0277. The van der Waals surface area contributed by atoms with Gasteiger partial charge < -0.3 is 19.6 Å². The molecule has 0 spiro atoms. The third-order valence-corrected chi connectivity index (χ3v) is 2.09. The van der Waals surface area contributed by atoms with Crippen molar-refractivity contribution in [3.8, 4) is 5.75 Å². The lowest BCUT2D eigenvalue weighted by Gasteiger charge is -2.16. The zero-order valence-electron chi connectivity index (χ0n) is 9.53. The van der Waals surface area contributed by atoms with Crippen LogP contribution in [0.15, 0.2) is 17.1 Å². The van der Waals surface area contributed by atoms with Gasteiger partial charge in [-0.05, 0) is 13.8 Å². The average molecular weight is 227 g/mol. The Hall–Kier alpha value is -1.33. The number of hydrogen-bond acceptors (Lipinski definition) is 4. The van der Waals surface area contributed by atoms with Gasteiger partial charge in [-0.1, -0.05) is 0 Å². The summed E-state index contributed by atoms with van der Waals surface area (Å²) in [6, 6.07) is 1.27. The van der Waals surface area contributed by atoms with Crippen LogP contribution < -0.4 is 5.43 Å². The van der Waals surface area contributed by atoms with Gasteiger partial charge in [-0.2, -0.15) is 0 Å². The van der Waals surface area contributed by atoms with Gasteiger partial charge in [0.2, 0.25) is 5.43 Å². The zero-order chi connectivity index (χ0) is 12.0. The minimum absolute atomic E-state index is 0.271. The highest BCUT2D eigenvalue weighted by Gasteiger charge is 2.13. The third kappa shape index (κ3) is 3.36. The van der Waals surface area contributed by atoms with Crippen LogP contribution in [-0.4, -0.2) is 29.6 Å². The van der Waals surface area contributed by atoms with E-state index in [0.29, 0.717) is 25.3 Å². The van der Waals surface area contributed by atoms with Crippen molar-refractivity contribution in [1.82, 2.24) is 4.98 Å². The van der Waals surface area contributed by atoms with Gasteiger partial charge in [-0.3, -0.25) is 4.79 Å². The van der Waals surface area contributed by atoms with Crippen LogP contribution in [-0.2, 0) is 15.9 Å². The highest BCUT2D eigenvalue weighted by atomic mass is 16.7. The number of nitrogens with one attached hydrogen (secondary N) is 1. The maximum absolute atomic E-state index is 11.2. The lowest BCUT2D eigenvalue weighted by Crippen LogP contribution is -2.21. The Kier molecular flexibility index (Phi) is 5.01. The van der Waals surface area contributed by atoms with Gasteiger partial charge in [0, 0.05) is 31.9 Å². The number of aromatic hydroxyl groups is 1. The van der Waals surface area contributed by atoms with E-state index in [4.69, 9.17) is 9.47 Å². The Labute approximate surface area is 94.0 Å². The highest BCUT2D eigenvalue weighted by molar-refractivity contribution is 5.25. The molecule has 90 valence electrons. The normalized spacial score (nSPS) is 10.9. The molecule has 0 saturated heterocycles. The SMILES string of the molecule is CCOC(Cc1[nH]ccc(=O)c1O)OCC. The van der Waals surface area contributed by atoms with E-state index in [1.165, 1.54) is 12.3 Å². The largest absolute Gasteiger partial charge is 0.503 e. The van der Waals surface area contributed by atoms with E-state index in [9.17, 15) is 9.90 Å². The molecule has 0 amide bonds. The zero-order valence-corrected chi connectivity index (χ0v) is 9.53. The van der Waals surface area contributed by atoms with Gasteiger partial charge in [0.15, 0.2) is 12.0 Å². The molecule has 5 nitrogen and oxygen atoms in total. The summed E-state index contributed by atoms with van der Waals surface area (Å²) in [4.78, 5) is 14.0. The van der Waals surface area contributed by atoms with Crippen LogP contribution in [0.2, 0.25) is 0 Å². The van der Waals surface area contributed by atoms with Gasteiger partial charge in [-0.15, -0.1) is 0 Å². The first-order valence-corrected chi connectivity index (χ1v) is 5.31. The molecule has 0 radical (unpaired) electrons. The molecule has 0 aromatic carbocycles. The second-order valence-corrected chi connectivity index (χ2v) is 3.21. The molecular weight excluding hydrogens is 210 g/mol. The molecular formula is C11H17NO4. The Balaban J connectivity index is 2.76. The summed E-state index contributed by atoms with van der Waals surface area (Å²) in [6.45, 7) is 4.75. The van der Waals surface area contributed by atoms with E-state index in [-0.39, 0.29) is 5.75 Å². The fourth-order valence-electron chi connectivity index (χ4n) is 1.37. The number of pyridine rings is 1. The van der Waals surface area contributed by atoms with Crippen molar-refractivity contribution in [2.24, 2.45) is 0 Å². The van der Waals surface area contributed by atoms with Crippen molar-refractivity contribution in [2.45, 2.75) is 26.6 Å². The summed E-state index contributed by atoms with van der Waals surface area (Å²) in [5.74, 6) is -0.271. The van der Waals surface area contributed by atoms with Crippen molar-refractivity contribution < 1.29 is 14.6 Å². The summed E-state index contributed by atoms with van der Waals surface area (Å²) >= 11 is 0. The highest BCUT2D eigenvalue weighted by Crippen LogP contribution is 2.12. The lowest BCUT2D eigenvalue weighted by molar-refractivity contribution is -0.135. The quantitative estimate of drug-likeness (QED) is 0.712. The van der Waals surface area contributed by atoms with Gasteiger partial charge in [-0.25, -0.2) is 0 Å². The van der Waals surface area contributed by atoms with Crippen LogP contribution in [0.3, 0.4) is 0 Å². The van der Waals surface area contributed by atoms with E-state index in [1.807, 2.05) is 13.8 Å². The fourth-order valence-corrected chi connectivity index (χ4v) is 1.37. The first-order chi connectivity index (χ1) is 7.69. The van der Waals surface area contributed by atoms with E-state index in [0.717, 1.165) is 0 Å². The monoisotopic (exact) mass is 227 g/mol. The molecule has 0 unspecified atom stereocenters. The Bertz CT molecular complexity index is 368. The molecule has 0 bridgehead atoms. The summed E-state index contributed by atoms with van der Waals surface area (Å²) in [7, 11) is 0. The Morgan fingerprint density at radius 1 is 1.38 bits per heavy atom. The molecule has 16 heavy (non-hydrogen) atoms. The molecule has 1 heterocycles. The molecule has 1 aromatic rings. The number of aromatic amines is 1. The Morgan fingerprint density at radius 3 is 2.56 bits per heavy atom. The number of H-pyrrole nitrogens is 1. The average Bonchev–Trinajstić information content (AvgIpc) is 2.25. The van der Waals surface area contributed by atoms with Crippen LogP contribution in [0.1, 0.15) is 19.5 Å². The minimum atomic E-state index is -0.445. The van der Waals surface area contributed by atoms with Crippen molar-refractivity contribution in [3.63, 3.8) is 0 Å². The summed E-state index contributed by atoms with van der Waals surface area (Å²) in [6.07, 6.45) is 1.37. The predicted molar refractivity (Wildman–Crippen MR) is 59.5 cm³/mol. The predicted octanol–water partition coefficient (Wildman–Crippen LogP) is 1.02. The van der Waals surface area contributed by atoms with E-state index in [1.54, 1.807) is 0 Å². The smallest absolute Gasteiger partial charge is 0.223 e. The number of hydrogen-bond donors (Lipinski definition) is 2. The van der Waals surface area contributed by atoms with E-state index < -0.39 is 11.7 Å². The Morgan fingerprint density at radius 2 is 2.00 bits per heavy atom. The molecule has 0 fully saturated rings. The van der Waals surface area contributed by atoms with Crippen LogP contribution in [0.4, 0.5) is 0 Å². The third-order valence-electron chi connectivity index (χ3n) is 2.09. The molecule has 0 aliphatic rings. The molecule has 2 N–H and O–H groups in total. The first kappa shape index (κ1) is 12.7. The second-order valence-electron chi connectivity index (χ2n) is 3.21. The standard InChI is InChI=1S/C11H17NO4/c1-3-15-10(16-4-2)7-8-11(14)9(13)5-6-12-8/h5-6,10,14H,3-4,7H2,1-2H3,(H,12,13). The topological polar surface area (TPSA) is 71.6 Å². The van der Waals surface area contributed by atoms with Gasteiger partial charge in [0.25, 0.3) is 0 Å². The van der Waals surface area contributed by atoms with Crippen molar-refractivity contribution >= 4 is 0 Å². The van der Waals surface area contributed by atoms with Crippen molar-refractivity contribution in [2.75, 3.05) is 13.2 Å². The molecule has 0 aliphatic carbocycles. The molecule has 0 aliphatic heterocycles. The molecule has 1 aromatic heterocycles. The van der Waals surface area contributed by atoms with Crippen LogP contribution in [0.5, 0.6) is 5.75 Å². The van der Waals surface area contributed by atoms with Crippen LogP contribution in [0, 0.1) is 0 Å². The lowest BCUT2D eigenvalue weighted by atomic mass is 10.2. The molecule has 1 rings (SSSR count). The minimum Gasteiger partial charge on any atom is -0.503 e. The molecule has 0 atom stereocenters. The number of rotatable bonds is 6. The van der Waals surface area contributed by atoms with Gasteiger partial charge in [0.05, 0.1) is 5.69 Å². The molecule has 0 saturated carbocycles. The maximum atomic E-state index is 11.2. The number of aromatic nitrogens is 1. The first-order valence-electron chi connectivity index (χ1n) is 5.31. The van der Waals surface area contributed by atoms with Crippen LogP contribution >= 0.6 is 0 Å². The van der Waals surface area contributed by atoms with Crippen molar-refractivity contribution in [3.05, 3.63) is 28.2 Å². The molecule has 5 heteroatoms. The van der Waals surface area contributed by atoms with E-state index >= 15 is 0 Å². The van der Waals surface area contributed by atoms with E-state index in [2.05, 4.69) is 4.98 Å². The second kappa shape index (κ2) is 6.30. The van der Waals surface area contributed by atoms with Gasteiger partial charge >= 0.3 is 0 Å². The number of ether oxygens (including phenoxy) is 2. The summed E-state index contributed by atoms with van der Waals surface area (Å²) in [5, 5.41) is 9.53. The maximum Gasteiger partial charge on any atom is 0.223 e. The fraction of sp³-hybridized carbons (Fsp3) is 0.545.